The number of likely N-dealkylation sites (tertiary alicyclic amines) is 1. The van der Waals surface area contributed by atoms with Crippen molar-refractivity contribution in [3.05, 3.63) is 23.8 Å². The zero-order valence-corrected chi connectivity index (χ0v) is 15.5. The van der Waals surface area contributed by atoms with E-state index >= 15 is 0 Å². The standard InChI is InChI=1S/C19H26N2O3.ClH/c1-12(20)13-4-6-21(7-5-13)19(22)16-11-15(16)14-2-3-17-18(10-14)24-9-8-23-17;/h2-3,10,12-13,15-16H,4-9,11,20H2,1H3;1H. The van der Waals surface area contributed by atoms with Gasteiger partial charge in [-0.25, -0.2) is 0 Å². The van der Waals surface area contributed by atoms with E-state index in [0.29, 0.717) is 31.0 Å². The monoisotopic (exact) mass is 366 g/mol. The van der Waals surface area contributed by atoms with E-state index in [2.05, 4.69) is 19.1 Å². The van der Waals surface area contributed by atoms with Crippen molar-refractivity contribution in [2.24, 2.45) is 17.6 Å². The van der Waals surface area contributed by atoms with Gasteiger partial charge in [0.1, 0.15) is 13.2 Å². The maximum Gasteiger partial charge on any atom is 0.226 e. The second-order valence-corrected chi connectivity index (χ2v) is 7.37. The number of hydrogen-bond donors (Lipinski definition) is 1. The molecule has 6 heteroatoms. The number of rotatable bonds is 3. The second kappa shape index (κ2) is 7.42. The van der Waals surface area contributed by atoms with Gasteiger partial charge in [-0.1, -0.05) is 6.07 Å². The fraction of sp³-hybridized carbons (Fsp3) is 0.632. The summed E-state index contributed by atoms with van der Waals surface area (Å²) in [5, 5.41) is 0. The predicted molar refractivity (Wildman–Crippen MR) is 98.5 cm³/mol. The van der Waals surface area contributed by atoms with E-state index in [1.54, 1.807) is 0 Å². The zero-order valence-electron chi connectivity index (χ0n) is 14.6. The van der Waals surface area contributed by atoms with Crippen molar-refractivity contribution >= 4 is 18.3 Å². The highest BCUT2D eigenvalue weighted by Gasteiger charge is 2.46. The minimum Gasteiger partial charge on any atom is -0.486 e. The second-order valence-electron chi connectivity index (χ2n) is 7.37. The van der Waals surface area contributed by atoms with Crippen molar-refractivity contribution in [2.75, 3.05) is 26.3 Å². The van der Waals surface area contributed by atoms with E-state index in [-0.39, 0.29) is 24.4 Å². The average molecular weight is 367 g/mol. The first-order chi connectivity index (χ1) is 11.6. The molecular formula is C19H27ClN2O3. The van der Waals surface area contributed by atoms with E-state index < -0.39 is 0 Å². The lowest BCUT2D eigenvalue weighted by molar-refractivity contribution is -0.134. The third kappa shape index (κ3) is 3.72. The van der Waals surface area contributed by atoms with E-state index in [1.807, 2.05) is 11.0 Å². The van der Waals surface area contributed by atoms with Crippen LogP contribution in [0.5, 0.6) is 11.5 Å². The van der Waals surface area contributed by atoms with Gasteiger partial charge in [-0.3, -0.25) is 4.79 Å². The minimum atomic E-state index is 0. The van der Waals surface area contributed by atoms with Gasteiger partial charge in [0.2, 0.25) is 5.91 Å². The molecule has 3 atom stereocenters. The van der Waals surface area contributed by atoms with Crippen molar-refractivity contribution in [2.45, 2.75) is 38.1 Å². The summed E-state index contributed by atoms with van der Waals surface area (Å²) < 4.78 is 11.2. The highest BCUT2D eigenvalue weighted by atomic mass is 35.5. The van der Waals surface area contributed by atoms with E-state index in [4.69, 9.17) is 15.2 Å². The fourth-order valence-electron chi connectivity index (χ4n) is 4.01. The summed E-state index contributed by atoms with van der Waals surface area (Å²) in [7, 11) is 0. The first-order valence-corrected chi connectivity index (χ1v) is 9.07. The van der Waals surface area contributed by atoms with Crippen LogP contribution < -0.4 is 15.2 Å². The number of carbonyl (C=O) groups excluding carboxylic acids is 1. The highest BCUT2D eigenvalue weighted by molar-refractivity contribution is 5.85. The maximum absolute atomic E-state index is 12.7. The lowest BCUT2D eigenvalue weighted by Gasteiger charge is -2.34. The molecule has 2 aliphatic heterocycles. The molecule has 3 unspecified atom stereocenters. The third-order valence-corrected chi connectivity index (χ3v) is 5.70. The number of ether oxygens (including phenoxy) is 2. The predicted octanol–water partition coefficient (Wildman–Crippen LogP) is 2.57. The summed E-state index contributed by atoms with van der Waals surface area (Å²) in [6.45, 7) is 4.98. The summed E-state index contributed by atoms with van der Waals surface area (Å²) in [4.78, 5) is 14.8. The number of carbonyl (C=O) groups is 1. The number of hydrogen-bond acceptors (Lipinski definition) is 4. The van der Waals surface area contributed by atoms with Crippen LogP contribution in [0.15, 0.2) is 18.2 Å². The molecule has 3 aliphatic rings. The van der Waals surface area contributed by atoms with Gasteiger partial charge in [0.15, 0.2) is 11.5 Å². The molecule has 0 spiro atoms. The number of halogens is 1. The quantitative estimate of drug-likeness (QED) is 0.892. The van der Waals surface area contributed by atoms with Gasteiger partial charge < -0.3 is 20.1 Å². The Bertz CT molecular complexity index is 629. The molecule has 0 bridgehead atoms. The number of amides is 1. The Morgan fingerprint density at radius 1 is 1.20 bits per heavy atom. The molecule has 1 aromatic rings. The Balaban J connectivity index is 0.00000182. The minimum absolute atomic E-state index is 0. The number of benzene rings is 1. The lowest BCUT2D eigenvalue weighted by atomic mass is 9.91. The molecule has 1 aliphatic carbocycles. The van der Waals surface area contributed by atoms with Crippen LogP contribution in [0.25, 0.3) is 0 Å². The molecule has 2 fully saturated rings. The number of nitrogens with zero attached hydrogens (tertiary/aromatic N) is 1. The van der Waals surface area contributed by atoms with Crippen LogP contribution in [-0.4, -0.2) is 43.2 Å². The molecule has 1 saturated heterocycles. The van der Waals surface area contributed by atoms with Gasteiger partial charge in [-0.15, -0.1) is 12.4 Å². The largest absolute Gasteiger partial charge is 0.486 e. The van der Waals surface area contributed by atoms with Gasteiger partial charge in [0, 0.05) is 25.0 Å². The average Bonchev–Trinajstić information content (AvgIpc) is 3.41. The SMILES string of the molecule is CC(N)C1CCN(C(=O)C2CC2c2ccc3c(c2)OCCO3)CC1.Cl. The topological polar surface area (TPSA) is 64.8 Å². The van der Waals surface area contributed by atoms with Crippen molar-refractivity contribution in [3.8, 4) is 11.5 Å². The van der Waals surface area contributed by atoms with Gasteiger partial charge in [-0.2, -0.15) is 0 Å². The summed E-state index contributed by atoms with van der Waals surface area (Å²) in [5.41, 5.74) is 7.19. The van der Waals surface area contributed by atoms with E-state index in [9.17, 15) is 4.79 Å². The zero-order chi connectivity index (χ0) is 16.7. The normalized spacial score (nSPS) is 26.6. The van der Waals surface area contributed by atoms with Gasteiger partial charge in [0.25, 0.3) is 0 Å². The summed E-state index contributed by atoms with van der Waals surface area (Å²) in [6, 6.07) is 6.33. The van der Waals surface area contributed by atoms with Gasteiger partial charge in [-0.05, 0) is 55.7 Å². The van der Waals surface area contributed by atoms with Crippen LogP contribution in [0, 0.1) is 11.8 Å². The van der Waals surface area contributed by atoms with E-state index in [1.165, 1.54) is 5.56 Å². The molecular weight excluding hydrogens is 340 g/mol. The number of nitrogens with two attached hydrogens (primary N) is 1. The molecule has 1 aromatic carbocycles. The molecule has 2 N–H and O–H groups in total. The van der Waals surface area contributed by atoms with Crippen LogP contribution >= 0.6 is 12.4 Å². The van der Waals surface area contributed by atoms with Crippen LogP contribution in [0.4, 0.5) is 0 Å². The number of piperidine rings is 1. The molecule has 1 saturated carbocycles. The Labute approximate surface area is 155 Å². The summed E-state index contributed by atoms with van der Waals surface area (Å²) in [6.07, 6.45) is 3.02. The molecule has 138 valence electrons. The Hall–Kier alpha value is -1.46. The number of fused-ring (bicyclic) bond motifs is 1. The first-order valence-electron chi connectivity index (χ1n) is 9.07. The molecule has 4 rings (SSSR count). The fourth-order valence-corrected chi connectivity index (χ4v) is 4.01. The molecule has 5 nitrogen and oxygen atoms in total. The summed E-state index contributed by atoms with van der Waals surface area (Å²) in [5.74, 6) is 2.97. The lowest BCUT2D eigenvalue weighted by Crippen LogP contribution is -2.43. The Kier molecular flexibility index (Phi) is 5.44. The summed E-state index contributed by atoms with van der Waals surface area (Å²) >= 11 is 0. The van der Waals surface area contributed by atoms with E-state index in [0.717, 1.165) is 43.9 Å². The van der Waals surface area contributed by atoms with Crippen LogP contribution in [-0.2, 0) is 4.79 Å². The van der Waals surface area contributed by atoms with Crippen LogP contribution in [0.2, 0.25) is 0 Å². The third-order valence-electron chi connectivity index (χ3n) is 5.70. The highest BCUT2D eigenvalue weighted by Crippen LogP contribution is 2.50. The molecule has 0 aromatic heterocycles. The maximum atomic E-state index is 12.7. The molecule has 2 heterocycles. The van der Waals surface area contributed by atoms with Gasteiger partial charge in [0.05, 0.1) is 0 Å². The molecule has 1 amide bonds. The Morgan fingerprint density at radius 3 is 2.56 bits per heavy atom. The molecule has 0 radical (unpaired) electrons. The molecule has 25 heavy (non-hydrogen) atoms. The first kappa shape index (κ1) is 18.3. The smallest absolute Gasteiger partial charge is 0.226 e. The van der Waals surface area contributed by atoms with Crippen molar-refractivity contribution in [1.29, 1.82) is 0 Å². The Morgan fingerprint density at radius 2 is 1.88 bits per heavy atom. The van der Waals surface area contributed by atoms with Crippen LogP contribution in [0.1, 0.15) is 37.7 Å². The van der Waals surface area contributed by atoms with Crippen molar-refractivity contribution in [1.82, 2.24) is 4.90 Å². The van der Waals surface area contributed by atoms with Gasteiger partial charge >= 0.3 is 0 Å². The van der Waals surface area contributed by atoms with Crippen molar-refractivity contribution in [3.63, 3.8) is 0 Å². The van der Waals surface area contributed by atoms with Crippen molar-refractivity contribution < 1.29 is 14.3 Å². The van der Waals surface area contributed by atoms with Crippen LogP contribution in [0.3, 0.4) is 0 Å².